The Balaban J connectivity index is 1.45. The molecule has 0 radical (unpaired) electrons. The number of benzene rings is 1. The zero-order chi connectivity index (χ0) is 22.2. The van der Waals surface area contributed by atoms with Gasteiger partial charge in [0.05, 0.1) is 6.54 Å². The van der Waals surface area contributed by atoms with Crippen LogP contribution in [0.4, 0.5) is 10.5 Å². The van der Waals surface area contributed by atoms with Crippen LogP contribution in [0.5, 0.6) is 0 Å². The van der Waals surface area contributed by atoms with Crippen molar-refractivity contribution in [3.8, 4) is 0 Å². The maximum Gasteiger partial charge on any atom is 0.325 e. The highest BCUT2D eigenvalue weighted by Crippen LogP contribution is 2.42. The zero-order valence-corrected chi connectivity index (χ0v) is 18.4. The van der Waals surface area contributed by atoms with Gasteiger partial charge in [-0.3, -0.25) is 19.3 Å². The number of aryl methyl sites for hydroxylation is 1. The number of anilines is 1. The number of carbonyl (C=O) groups excluding carboxylic acids is 4. The first kappa shape index (κ1) is 21.2. The number of nitrogens with one attached hydrogen (secondary N) is 2. The fourth-order valence-corrected chi connectivity index (χ4v) is 5.24. The lowest BCUT2D eigenvalue weighted by Crippen LogP contribution is -2.46. The van der Waals surface area contributed by atoms with Gasteiger partial charge in [-0.15, -0.1) is 11.3 Å². The Morgan fingerprint density at radius 1 is 1.19 bits per heavy atom. The first-order valence-corrected chi connectivity index (χ1v) is 11.3. The van der Waals surface area contributed by atoms with Crippen LogP contribution in [0.1, 0.15) is 53.9 Å². The zero-order valence-electron chi connectivity index (χ0n) is 17.6. The van der Waals surface area contributed by atoms with E-state index >= 15 is 0 Å². The van der Waals surface area contributed by atoms with Gasteiger partial charge in [0.1, 0.15) is 5.54 Å². The van der Waals surface area contributed by atoms with Crippen molar-refractivity contribution in [1.29, 1.82) is 0 Å². The van der Waals surface area contributed by atoms with Gasteiger partial charge >= 0.3 is 6.03 Å². The number of ketones is 1. The van der Waals surface area contributed by atoms with Gasteiger partial charge < -0.3 is 10.6 Å². The van der Waals surface area contributed by atoms with Crippen LogP contribution >= 0.6 is 11.3 Å². The average Bonchev–Trinajstić information content (AvgIpc) is 3.28. The number of carbonyl (C=O) groups is 4. The monoisotopic (exact) mass is 439 g/mol. The van der Waals surface area contributed by atoms with Crippen molar-refractivity contribution in [1.82, 2.24) is 10.2 Å². The Morgan fingerprint density at radius 3 is 2.65 bits per heavy atom. The number of thiophene rings is 1. The standard InChI is InChI=1S/C23H25N3O4S/c1-14(2)12-20(28)24-16-7-5-15(6-8-16)18(27)13-26-21(29)23(25-22(26)30)10-3-4-19-17(23)9-11-31-19/h5-9,11,14H,3-4,10,12-13H2,1-2H3,(H,24,28)(H,25,30)/t23-/m1/s1. The molecule has 2 aromatic rings. The molecule has 31 heavy (non-hydrogen) atoms. The molecule has 1 aromatic carbocycles. The highest BCUT2D eigenvalue weighted by atomic mass is 32.1. The van der Waals surface area contributed by atoms with Crippen molar-refractivity contribution in [3.05, 3.63) is 51.7 Å². The molecule has 0 bridgehead atoms. The number of hydrogen-bond donors (Lipinski definition) is 2. The highest BCUT2D eigenvalue weighted by Gasteiger charge is 2.54. The molecule has 1 fully saturated rings. The molecular formula is C23H25N3O4S. The second kappa shape index (κ2) is 8.26. The van der Waals surface area contributed by atoms with E-state index in [1.807, 2.05) is 25.3 Å². The maximum absolute atomic E-state index is 13.2. The Kier molecular flexibility index (Phi) is 5.66. The molecule has 1 aromatic heterocycles. The van der Waals surface area contributed by atoms with E-state index in [1.54, 1.807) is 35.6 Å². The van der Waals surface area contributed by atoms with Crippen molar-refractivity contribution in [2.45, 2.75) is 45.1 Å². The second-order valence-corrected chi connectivity index (χ2v) is 9.49. The number of nitrogens with zero attached hydrogens (tertiary/aromatic N) is 1. The highest BCUT2D eigenvalue weighted by molar-refractivity contribution is 7.10. The summed E-state index contributed by atoms with van der Waals surface area (Å²) < 4.78 is 0. The molecule has 2 N–H and O–H groups in total. The third-order valence-corrected chi connectivity index (χ3v) is 6.70. The Morgan fingerprint density at radius 2 is 1.94 bits per heavy atom. The largest absolute Gasteiger partial charge is 0.326 e. The van der Waals surface area contributed by atoms with E-state index in [4.69, 9.17) is 0 Å². The molecular weight excluding hydrogens is 414 g/mol. The molecule has 0 saturated carbocycles. The van der Waals surface area contributed by atoms with Crippen molar-refractivity contribution in [3.63, 3.8) is 0 Å². The van der Waals surface area contributed by atoms with Gasteiger partial charge in [0.25, 0.3) is 5.91 Å². The lowest BCUT2D eigenvalue weighted by molar-refractivity contribution is -0.131. The number of amides is 4. The lowest BCUT2D eigenvalue weighted by atomic mass is 9.80. The van der Waals surface area contributed by atoms with Crippen molar-refractivity contribution >= 4 is 40.7 Å². The molecule has 2 heterocycles. The fraction of sp³-hybridized carbons (Fsp3) is 0.391. The smallest absolute Gasteiger partial charge is 0.325 e. The van der Waals surface area contributed by atoms with Crippen molar-refractivity contribution in [2.75, 3.05) is 11.9 Å². The molecule has 2 aliphatic rings. The molecule has 1 atom stereocenters. The summed E-state index contributed by atoms with van der Waals surface area (Å²) in [6, 6.07) is 7.86. The minimum absolute atomic E-state index is 0.0843. The van der Waals surface area contributed by atoms with Crippen molar-refractivity contribution in [2.24, 2.45) is 5.92 Å². The van der Waals surface area contributed by atoms with E-state index in [-0.39, 0.29) is 30.1 Å². The second-order valence-electron chi connectivity index (χ2n) is 8.48. The predicted octanol–water partition coefficient (Wildman–Crippen LogP) is 3.70. The fourth-order valence-electron chi connectivity index (χ4n) is 4.24. The third-order valence-electron chi connectivity index (χ3n) is 5.72. The van der Waals surface area contributed by atoms with Gasteiger partial charge in [-0.2, -0.15) is 0 Å². The van der Waals surface area contributed by atoms with E-state index in [1.165, 1.54) is 0 Å². The van der Waals surface area contributed by atoms with Crippen LogP contribution in [0.3, 0.4) is 0 Å². The number of rotatable bonds is 6. The molecule has 8 heteroatoms. The Bertz CT molecular complexity index is 1040. The summed E-state index contributed by atoms with van der Waals surface area (Å²) in [6.07, 6.45) is 2.67. The Labute approximate surface area is 184 Å². The van der Waals surface area contributed by atoms with Crippen LogP contribution in [-0.4, -0.2) is 35.1 Å². The van der Waals surface area contributed by atoms with E-state index in [0.717, 1.165) is 28.2 Å². The third kappa shape index (κ3) is 3.99. The summed E-state index contributed by atoms with van der Waals surface area (Å²) in [5.74, 6) is -0.522. The van der Waals surface area contributed by atoms with Gasteiger partial charge in [-0.25, -0.2) is 4.79 Å². The van der Waals surface area contributed by atoms with Crippen LogP contribution in [-0.2, 0) is 21.5 Å². The summed E-state index contributed by atoms with van der Waals surface area (Å²) in [5.41, 5.74) is 0.792. The summed E-state index contributed by atoms with van der Waals surface area (Å²) in [7, 11) is 0. The maximum atomic E-state index is 13.2. The summed E-state index contributed by atoms with van der Waals surface area (Å²) in [5, 5.41) is 7.59. The number of urea groups is 1. The van der Waals surface area contributed by atoms with Crippen LogP contribution in [0, 0.1) is 5.92 Å². The van der Waals surface area contributed by atoms with Crippen LogP contribution in [0.2, 0.25) is 0 Å². The van der Waals surface area contributed by atoms with Gasteiger partial charge in [0, 0.05) is 28.1 Å². The molecule has 0 unspecified atom stereocenters. The summed E-state index contributed by atoms with van der Waals surface area (Å²) >= 11 is 1.59. The molecule has 1 spiro atoms. The normalized spacial score (nSPS) is 20.2. The number of imide groups is 1. The number of hydrogen-bond acceptors (Lipinski definition) is 5. The van der Waals surface area contributed by atoms with Crippen LogP contribution in [0.15, 0.2) is 35.7 Å². The quantitative estimate of drug-likeness (QED) is 0.530. The minimum atomic E-state index is -1.05. The van der Waals surface area contributed by atoms with Gasteiger partial charge in [-0.1, -0.05) is 13.8 Å². The molecule has 1 saturated heterocycles. The van der Waals surface area contributed by atoms with Crippen molar-refractivity contribution < 1.29 is 19.2 Å². The molecule has 4 rings (SSSR count). The molecule has 4 amide bonds. The topological polar surface area (TPSA) is 95.6 Å². The van der Waals surface area contributed by atoms with E-state index < -0.39 is 11.6 Å². The van der Waals surface area contributed by atoms with E-state index in [2.05, 4.69) is 10.6 Å². The molecule has 1 aliphatic heterocycles. The summed E-state index contributed by atoms with van der Waals surface area (Å²) in [6.45, 7) is 3.62. The SMILES string of the molecule is CC(C)CC(=O)Nc1ccc(C(=O)CN2C(=O)N[C@@]3(CCCc4sccc43)C2=O)cc1. The summed E-state index contributed by atoms with van der Waals surface area (Å²) in [4.78, 5) is 52.7. The van der Waals surface area contributed by atoms with Gasteiger partial charge in [-0.05, 0) is 60.9 Å². The average molecular weight is 440 g/mol. The minimum Gasteiger partial charge on any atom is -0.326 e. The van der Waals surface area contributed by atoms with Crippen LogP contribution in [0.25, 0.3) is 0 Å². The molecule has 7 nitrogen and oxygen atoms in total. The van der Waals surface area contributed by atoms with Gasteiger partial charge in [0.2, 0.25) is 5.91 Å². The van der Waals surface area contributed by atoms with E-state index in [0.29, 0.717) is 24.1 Å². The molecule has 162 valence electrons. The lowest BCUT2D eigenvalue weighted by Gasteiger charge is -2.31. The number of fused-ring (bicyclic) bond motifs is 2. The number of Topliss-reactive ketones (excluding diaryl/α,β-unsaturated/α-hetero) is 1. The molecule has 1 aliphatic carbocycles. The first-order chi connectivity index (χ1) is 14.8. The van der Waals surface area contributed by atoms with Gasteiger partial charge in [0.15, 0.2) is 5.78 Å². The Hall–Kier alpha value is -3.00. The van der Waals surface area contributed by atoms with E-state index in [9.17, 15) is 19.2 Å². The van der Waals surface area contributed by atoms with Crippen LogP contribution < -0.4 is 10.6 Å². The first-order valence-electron chi connectivity index (χ1n) is 10.4. The predicted molar refractivity (Wildman–Crippen MR) is 118 cm³/mol.